The number of hydrogen-bond donors (Lipinski definition) is 2. The summed E-state index contributed by atoms with van der Waals surface area (Å²) in [5.41, 5.74) is 11.2. The van der Waals surface area contributed by atoms with Gasteiger partial charge in [-0.25, -0.2) is 0 Å². The van der Waals surface area contributed by atoms with Gasteiger partial charge in [0.05, 0.1) is 11.3 Å². The van der Waals surface area contributed by atoms with Crippen LogP contribution >= 0.6 is 31.9 Å². The Kier molecular flexibility index (Phi) is 3.87. The van der Waals surface area contributed by atoms with Crippen LogP contribution in [0.15, 0.2) is 51.4 Å². The maximum atomic E-state index is 6.08. The number of halogens is 2. The van der Waals surface area contributed by atoms with Gasteiger partial charge in [-0.2, -0.15) is 5.10 Å². The molecule has 0 unspecified atom stereocenters. The van der Waals surface area contributed by atoms with Crippen LogP contribution in [-0.4, -0.2) is 10.2 Å². The van der Waals surface area contributed by atoms with Gasteiger partial charge >= 0.3 is 0 Å². The molecular formula is C16H13Br2N3. The Balaban J connectivity index is 2.22. The second-order valence-electron chi connectivity index (χ2n) is 4.80. The van der Waals surface area contributed by atoms with E-state index in [4.69, 9.17) is 5.73 Å². The minimum absolute atomic E-state index is 0.498. The fourth-order valence-electron chi connectivity index (χ4n) is 2.30. The zero-order chi connectivity index (χ0) is 15.0. The molecule has 0 saturated carbocycles. The molecule has 106 valence electrons. The van der Waals surface area contributed by atoms with Gasteiger partial charge in [-0.3, -0.25) is 5.10 Å². The number of aryl methyl sites for hydroxylation is 1. The van der Waals surface area contributed by atoms with Gasteiger partial charge in [0.15, 0.2) is 5.82 Å². The molecule has 0 saturated heterocycles. The minimum Gasteiger partial charge on any atom is -0.382 e. The lowest BCUT2D eigenvalue weighted by Crippen LogP contribution is -1.90. The first kappa shape index (κ1) is 14.4. The quantitative estimate of drug-likeness (QED) is 0.617. The summed E-state index contributed by atoms with van der Waals surface area (Å²) in [6, 6.07) is 14.2. The number of benzene rings is 2. The zero-order valence-corrected chi connectivity index (χ0v) is 14.5. The van der Waals surface area contributed by atoms with Crippen molar-refractivity contribution in [2.45, 2.75) is 6.92 Å². The van der Waals surface area contributed by atoms with Gasteiger partial charge in [0.2, 0.25) is 0 Å². The Morgan fingerprint density at radius 2 is 1.81 bits per heavy atom. The van der Waals surface area contributed by atoms with Crippen LogP contribution in [0.5, 0.6) is 0 Å². The van der Waals surface area contributed by atoms with E-state index in [-0.39, 0.29) is 0 Å². The van der Waals surface area contributed by atoms with E-state index >= 15 is 0 Å². The average molecular weight is 407 g/mol. The molecule has 1 aromatic heterocycles. The molecule has 3 aromatic rings. The Hall–Kier alpha value is -1.59. The molecule has 0 aliphatic carbocycles. The Bertz CT molecular complexity index is 809. The molecule has 1 heterocycles. The fraction of sp³-hybridized carbons (Fsp3) is 0.0625. The SMILES string of the molecule is Cc1cc(-c2[nH]nc(N)c2-c2ccccc2Br)ccc1Br. The van der Waals surface area contributed by atoms with E-state index in [1.54, 1.807) is 0 Å². The molecule has 21 heavy (non-hydrogen) atoms. The lowest BCUT2D eigenvalue weighted by molar-refractivity contribution is 1.10. The van der Waals surface area contributed by atoms with E-state index in [1.807, 2.05) is 36.4 Å². The molecule has 3 rings (SSSR count). The summed E-state index contributed by atoms with van der Waals surface area (Å²) in [5.74, 6) is 0.498. The van der Waals surface area contributed by atoms with Crippen molar-refractivity contribution in [2.24, 2.45) is 0 Å². The van der Waals surface area contributed by atoms with Gasteiger partial charge in [0.1, 0.15) is 0 Å². The van der Waals surface area contributed by atoms with Gasteiger partial charge in [0, 0.05) is 20.1 Å². The predicted molar refractivity (Wildman–Crippen MR) is 94.0 cm³/mol. The highest BCUT2D eigenvalue weighted by Crippen LogP contribution is 2.38. The summed E-state index contributed by atoms with van der Waals surface area (Å²) in [5, 5.41) is 7.23. The summed E-state index contributed by atoms with van der Waals surface area (Å²) in [7, 11) is 0. The second kappa shape index (κ2) is 5.66. The van der Waals surface area contributed by atoms with Crippen LogP contribution in [0.3, 0.4) is 0 Å². The summed E-state index contributed by atoms with van der Waals surface area (Å²) >= 11 is 7.10. The van der Waals surface area contributed by atoms with Crippen LogP contribution in [0.1, 0.15) is 5.56 Å². The summed E-state index contributed by atoms with van der Waals surface area (Å²) in [6.45, 7) is 2.06. The van der Waals surface area contributed by atoms with E-state index in [9.17, 15) is 0 Å². The van der Waals surface area contributed by atoms with E-state index in [2.05, 4.69) is 55.0 Å². The monoisotopic (exact) mass is 405 g/mol. The van der Waals surface area contributed by atoms with Crippen molar-refractivity contribution >= 4 is 37.7 Å². The molecule has 0 aliphatic heterocycles. The number of anilines is 1. The number of hydrogen-bond acceptors (Lipinski definition) is 2. The number of rotatable bonds is 2. The van der Waals surface area contributed by atoms with Crippen molar-refractivity contribution in [3.63, 3.8) is 0 Å². The van der Waals surface area contributed by atoms with E-state index in [0.717, 1.165) is 31.3 Å². The van der Waals surface area contributed by atoms with Gasteiger partial charge < -0.3 is 5.73 Å². The lowest BCUT2D eigenvalue weighted by atomic mass is 10.00. The highest BCUT2D eigenvalue weighted by molar-refractivity contribution is 9.10. The number of aromatic nitrogens is 2. The van der Waals surface area contributed by atoms with E-state index in [0.29, 0.717) is 5.82 Å². The van der Waals surface area contributed by atoms with Crippen molar-refractivity contribution in [3.05, 3.63) is 57.0 Å². The molecular weight excluding hydrogens is 394 g/mol. The van der Waals surface area contributed by atoms with Crippen LogP contribution in [0.2, 0.25) is 0 Å². The smallest absolute Gasteiger partial charge is 0.153 e. The molecule has 2 aromatic carbocycles. The highest BCUT2D eigenvalue weighted by atomic mass is 79.9. The normalized spacial score (nSPS) is 10.8. The third-order valence-corrected chi connectivity index (χ3v) is 4.97. The number of H-pyrrole nitrogens is 1. The lowest BCUT2D eigenvalue weighted by Gasteiger charge is -2.08. The average Bonchev–Trinajstić information content (AvgIpc) is 2.84. The van der Waals surface area contributed by atoms with Crippen molar-refractivity contribution < 1.29 is 0 Å². The van der Waals surface area contributed by atoms with Crippen molar-refractivity contribution in [2.75, 3.05) is 5.73 Å². The first-order chi connectivity index (χ1) is 10.1. The molecule has 0 bridgehead atoms. The molecule has 5 heteroatoms. The summed E-state index contributed by atoms with van der Waals surface area (Å²) in [6.07, 6.45) is 0. The van der Waals surface area contributed by atoms with Crippen LogP contribution in [0, 0.1) is 6.92 Å². The summed E-state index contributed by atoms with van der Waals surface area (Å²) < 4.78 is 2.08. The van der Waals surface area contributed by atoms with Crippen LogP contribution in [0.25, 0.3) is 22.4 Å². The number of nitrogens with two attached hydrogens (primary N) is 1. The molecule has 0 atom stereocenters. The van der Waals surface area contributed by atoms with E-state index in [1.165, 1.54) is 5.56 Å². The maximum absolute atomic E-state index is 6.08. The number of nitrogens with zero attached hydrogens (tertiary/aromatic N) is 1. The first-order valence-corrected chi connectivity index (χ1v) is 8.02. The van der Waals surface area contributed by atoms with Gasteiger partial charge in [-0.15, -0.1) is 0 Å². The Labute approximate surface area is 139 Å². The topological polar surface area (TPSA) is 54.7 Å². The molecule has 0 aliphatic rings. The van der Waals surface area contributed by atoms with Gasteiger partial charge in [-0.1, -0.05) is 56.1 Å². The van der Waals surface area contributed by atoms with E-state index < -0.39 is 0 Å². The fourth-order valence-corrected chi connectivity index (χ4v) is 3.03. The molecule has 3 N–H and O–H groups in total. The number of aromatic amines is 1. The third-order valence-electron chi connectivity index (χ3n) is 3.38. The molecule has 0 fully saturated rings. The third kappa shape index (κ3) is 2.63. The Morgan fingerprint density at radius 3 is 2.52 bits per heavy atom. The highest BCUT2D eigenvalue weighted by Gasteiger charge is 2.17. The van der Waals surface area contributed by atoms with Crippen molar-refractivity contribution in [1.29, 1.82) is 0 Å². The minimum atomic E-state index is 0.498. The van der Waals surface area contributed by atoms with Crippen molar-refractivity contribution in [1.82, 2.24) is 10.2 Å². The van der Waals surface area contributed by atoms with Crippen LogP contribution in [0.4, 0.5) is 5.82 Å². The van der Waals surface area contributed by atoms with Gasteiger partial charge in [-0.05, 0) is 30.7 Å². The molecule has 0 radical (unpaired) electrons. The summed E-state index contributed by atoms with van der Waals surface area (Å²) in [4.78, 5) is 0. The zero-order valence-electron chi connectivity index (χ0n) is 11.3. The largest absolute Gasteiger partial charge is 0.382 e. The van der Waals surface area contributed by atoms with Crippen LogP contribution in [-0.2, 0) is 0 Å². The second-order valence-corrected chi connectivity index (χ2v) is 6.51. The number of nitrogens with one attached hydrogen (secondary N) is 1. The standard InChI is InChI=1S/C16H13Br2N3/c1-9-8-10(6-7-12(9)17)15-14(16(19)21-20-15)11-4-2-3-5-13(11)18/h2-8H,1H3,(H3,19,20,21). The first-order valence-electron chi connectivity index (χ1n) is 6.43. The Morgan fingerprint density at radius 1 is 1.05 bits per heavy atom. The molecule has 0 spiro atoms. The maximum Gasteiger partial charge on any atom is 0.153 e. The predicted octanol–water partition coefficient (Wildman–Crippen LogP) is 5.16. The molecule has 3 nitrogen and oxygen atoms in total. The molecule has 0 amide bonds. The van der Waals surface area contributed by atoms with Crippen molar-refractivity contribution in [3.8, 4) is 22.4 Å². The number of nitrogen functional groups attached to an aromatic ring is 1. The van der Waals surface area contributed by atoms with Crippen LogP contribution < -0.4 is 5.73 Å². The van der Waals surface area contributed by atoms with Gasteiger partial charge in [0.25, 0.3) is 0 Å².